The summed E-state index contributed by atoms with van der Waals surface area (Å²) in [6, 6.07) is 25.8. The van der Waals surface area contributed by atoms with Crippen LogP contribution in [0.25, 0.3) is 11.4 Å². The summed E-state index contributed by atoms with van der Waals surface area (Å²) in [4.78, 5) is 12.8. The number of nitrogens with zero attached hydrogens (tertiary/aromatic N) is 3. The molecule has 0 spiro atoms. The molecule has 0 fully saturated rings. The van der Waals surface area contributed by atoms with Gasteiger partial charge in [0, 0.05) is 12.1 Å². The molecule has 0 radical (unpaired) electrons. The highest BCUT2D eigenvalue weighted by Crippen LogP contribution is 2.29. The molecule has 3 aromatic carbocycles. The van der Waals surface area contributed by atoms with Crippen molar-refractivity contribution in [1.29, 1.82) is 0 Å². The minimum atomic E-state index is -0.351. The van der Waals surface area contributed by atoms with Gasteiger partial charge in [-0.15, -0.1) is 10.2 Å². The Bertz CT molecular complexity index is 1160. The van der Waals surface area contributed by atoms with Gasteiger partial charge in [0.1, 0.15) is 5.82 Å². The summed E-state index contributed by atoms with van der Waals surface area (Å²) < 4.78 is 16.4. The van der Waals surface area contributed by atoms with E-state index in [1.54, 1.807) is 18.2 Å². The number of Topliss-reactive ketones (excluding diaryl/α,β-unsaturated/α-hetero) is 1. The van der Waals surface area contributed by atoms with E-state index >= 15 is 0 Å². The Labute approximate surface area is 185 Å². The van der Waals surface area contributed by atoms with Gasteiger partial charge in [0.25, 0.3) is 0 Å². The van der Waals surface area contributed by atoms with Crippen molar-refractivity contribution in [3.8, 4) is 11.4 Å². The topological polar surface area (TPSA) is 47.8 Å². The zero-order chi connectivity index (χ0) is 21.6. The first-order valence-corrected chi connectivity index (χ1v) is 11.0. The first-order valence-electron chi connectivity index (χ1n) is 10.1. The summed E-state index contributed by atoms with van der Waals surface area (Å²) in [6.07, 6.45) is 0.745. The van der Waals surface area contributed by atoms with Crippen LogP contribution in [0, 0.1) is 5.82 Å². The number of ketones is 1. The molecule has 1 heterocycles. The molecule has 4 aromatic rings. The molecule has 0 amide bonds. The highest BCUT2D eigenvalue weighted by Gasteiger charge is 2.22. The molecule has 0 aliphatic heterocycles. The van der Waals surface area contributed by atoms with E-state index in [0.717, 1.165) is 6.42 Å². The lowest BCUT2D eigenvalue weighted by atomic mass is 10.1. The third-order valence-corrected chi connectivity index (χ3v) is 6.09. The van der Waals surface area contributed by atoms with Crippen molar-refractivity contribution in [1.82, 2.24) is 14.8 Å². The quantitative estimate of drug-likeness (QED) is 0.266. The molecular weight excluding hydrogens is 409 g/mol. The molecule has 0 aliphatic carbocycles. The van der Waals surface area contributed by atoms with E-state index in [1.807, 2.05) is 60.0 Å². The summed E-state index contributed by atoms with van der Waals surface area (Å²) in [6.45, 7) is 2.44. The number of aryl methyl sites for hydroxylation is 1. The first-order chi connectivity index (χ1) is 15.1. The minimum absolute atomic E-state index is 0.0238. The van der Waals surface area contributed by atoms with Crippen LogP contribution in [0.3, 0.4) is 0 Å². The van der Waals surface area contributed by atoms with Gasteiger partial charge in [0.05, 0.1) is 10.8 Å². The van der Waals surface area contributed by atoms with Gasteiger partial charge < -0.3 is 4.57 Å². The molecule has 6 heteroatoms. The van der Waals surface area contributed by atoms with E-state index in [9.17, 15) is 9.18 Å². The van der Waals surface area contributed by atoms with E-state index in [-0.39, 0.29) is 16.9 Å². The van der Waals surface area contributed by atoms with Crippen LogP contribution in [-0.4, -0.2) is 25.8 Å². The van der Waals surface area contributed by atoms with E-state index < -0.39 is 0 Å². The molecule has 1 aromatic heterocycles. The maximum absolute atomic E-state index is 14.5. The number of aromatic nitrogens is 3. The number of hydrogen-bond donors (Lipinski definition) is 0. The Hall–Kier alpha value is -3.25. The predicted octanol–water partition coefficient (Wildman–Crippen LogP) is 5.69. The molecule has 4 nitrogen and oxygen atoms in total. The Kier molecular flexibility index (Phi) is 6.57. The Morgan fingerprint density at radius 2 is 1.58 bits per heavy atom. The molecule has 1 unspecified atom stereocenters. The number of hydrogen-bond acceptors (Lipinski definition) is 4. The zero-order valence-corrected chi connectivity index (χ0v) is 17.9. The van der Waals surface area contributed by atoms with Gasteiger partial charge in [-0.25, -0.2) is 4.39 Å². The lowest BCUT2D eigenvalue weighted by Crippen LogP contribution is -2.15. The van der Waals surface area contributed by atoms with Crippen LogP contribution in [0.15, 0.2) is 90.1 Å². The van der Waals surface area contributed by atoms with E-state index in [4.69, 9.17) is 0 Å². The number of benzene rings is 3. The Morgan fingerprint density at radius 1 is 0.935 bits per heavy atom. The highest BCUT2D eigenvalue weighted by molar-refractivity contribution is 8.00. The van der Waals surface area contributed by atoms with Crippen molar-refractivity contribution < 1.29 is 9.18 Å². The summed E-state index contributed by atoms with van der Waals surface area (Å²) >= 11 is 1.35. The van der Waals surface area contributed by atoms with Gasteiger partial charge >= 0.3 is 0 Å². The van der Waals surface area contributed by atoms with E-state index in [0.29, 0.717) is 28.7 Å². The lowest BCUT2D eigenvalue weighted by Gasteiger charge is -2.13. The van der Waals surface area contributed by atoms with Gasteiger partial charge in [-0.05, 0) is 31.0 Å². The molecule has 1 atom stereocenters. The maximum atomic E-state index is 14.5. The van der Waals surface area contributed by atoms with Gasteiger partial charge in [-0.2, -0.15) is 0 Å². The number of carbonyl (C=O) groups is 1. The van der Waals surface area contributed by atoms with Crippen molar-refractivity contribution in [3.63, 3.8) is 0 Å². The molecule has 0 N–H and O–H groups in total. The van der Waals surface area contributed by atoms with Crippen molar-refractivity contribution in [3.05, 3.63) is 102 Å². The molecule has 31 heavy (non-hydrogen) atoms. The Morgan fingerprint density at radius 3 is 2.29 bits per heavy atom. The van der Waals surface area contributed by atoms with Gasteiger partial charge in [-0.3, -0.25) is 4.79 Å². The fourth-order valence-electron chi connectivity index (χ4n) is 3.35. The van der Waals surface area contributed by atoms with E-state index in [1.165, 1.54) is 23.4 Å². The van der Waals surface area contributed by atoms with Crippen LogP contribution in [0.1, 0.15) is 22.8 Å². The molecule has 156 valence electrons. The molecule has 0 saturated carbocycles. The summed E-state index contributed by atoms with van der Waals surface area (Å²) in [5.74, 6) is 0.146. The third kappa shape index (κ3) is 4.91. The van der Waals surface area contributed by atoms with Gasteiger partial charge in [-0.1, -0.05) is 84.6 Å². The van der Waals surface area contributed by atoms with Crippen molar-refractivity contribution in [2.45, 2.75) is 30.3 Å². The standard InChI is InChI=1S/C25H22FN3OS/c1-18(23(30)20-12-6-3-7-13-20)31-25-28-27-24(21-14-8-9-15-22(21)26)29(25)17-16-19-10-4-2-5-11-19/h2-15,18H,16-17H2,1H3. The summed E-state index contributed by atoms with van der Waals surface area (Å²) in [5, 5.41) is 8.86. The largest absolute Gasteiger partial charge is 0.302 e. The number of carbonyl (C=O) groups excluding carboxylic acids is 1. The van der Waals surface area contributed by atoms with Crippen LogP contribution in [0.2, 0.25) is 0 Å². The van der Waals surface area contributed by atoms with E-state index in [2.05, 4.69) is 22.3 Å². The molecular formula is C25H22FN3OS. The van der Waals surface area contributed by atoms with Crippen LogP contribution >= 0.6 is 11.8 Å². The SMILES string of the molecule is CC(Sc1nnc(-c2ccccc2F)n1CCc1ccccc1)C(=O)c1ccccc1. The zero-order valence-electron chi connectivity index (χ0n) is 17.1. The molecule has 4 rings (SSSR count). The number of rotatable bonds is 8. The fraction of sp³-hybridized carbons (Fsp3) is 0.160. The van der Waals surface area contributed by atoms with Crippen LogP contribution < -0.4 is 0 Å². The normalized spacial score (nSPS) is 11.9. The second-order valence-electron chi connectivity index (χ2n) is 7.16. The maximum Gasteiger partial charge on any atom is 0.192 e. The second kappa shape index (κ2) is 9.71. The van der Waals surface area contributed by atoms with Crippen molar-refractivity contribution >= 4 is 17.5 Å². The predicted molar refractivity (Wildman–Crippen MR) is 122 cm³/mol. The smallest absolute Gasteiger partial charge is 0.192 e. The van der Waals surface area contributed by atoms with Crippen LogP contribution in [0.4, 0.5) is 4.39 Å². The third-order valence-electron chi connectivity index (χ3n) is 5.01. The summed E-state index contributed by atoms with van der Waals surface area (Å²) in [5.41, 5.74) is 2.23. The average Bonchev–Trinajstić information content (AvgIpc) is 3.20. The second-order valence-corrected chi connectivity index (χ2v) is 8.47. The van der Waals surface area contributed by atoms with Gasteiger partial charge in [0.15, 0.2) is 16.8 Å². The first kappa shape index (κ1) is 21.0. The monoisotopic (exact) mass is 431 g/mol. The van der Waals surface area contributed by atoms with Crippen molar-refractivity contribution in [2.24, 2.45) is 0 Å². The lowest BCUT2D eigenvalue weighted by molar-refractivity contribution is 0.0994. The minimum Gasteiger partial charge on any atom is -0.302 e. The summed E-state index contributed by atoms with van der Waals surface area (Å²) in [7, 11) is 0. The molecule has 0 aliphatic rings. The molecule has 0 saturated heterocycles. The van der Waals surface area contributed by atoms with Gasteiger partial charge in [0.2, 0.25) is 0 Å². The van der Waals surface area contributed by atoms with Crippen molar-refractivity contribution in [2.75, 3.05) is 0 Å². The Balaban J connectivity index is 1.63. The number of halogens is 1. The van der Waals surface area contributed by atoms with Crippen LogP contribution in [-0.2, 0) is 13.0 Å². The number of thioether (sulfide) groups is 1. The fourth-order valence-corrected chi connectivity index (χ4v) is 4.31. The molecule has 0 bridgehead atoms. The van der Waals surface area contributed by atoms with Crippen LogP contribution in [0.5, 0.6) is 0 Å². The highest BCUT2D eigenvalue weighted by atomic mass is 32.2. The average molecular weight is 432 g/mol.